The minimum absolute atomic E-state index is 0.875. The topological polar surface area (TPSA) is 16.4 Å². The average molecular weight is 790 g/mol. The van der Waals surface area contributed by atoms with Crippen LogP contribution in [-0.2, 0) is 0 Å². The summed E-state index contributed by atoms with van der Waals surface area (Å²) in [5, 5.41) is 10.7. The lowest BCUT2D eigenvalue weighted by Gasteiger charge is -2.26. The Hall–Kier alpha value is -8.20. The number of nitrogens with zero attached hydrogens (tertiary/aromatic N) is 1. The van der Waals surface area contributed by atoms with E-state index in [-0.39, 0.29) is 0 Å². The van der Waals surface area contributed by atoms with Gasteiger partial charge in [-0.05, 0) is 114 Å². The zero-order valence-electron chi connectivity index (χ0n) is 33.9. The fourth-order valence-electron chi connectivity index (χ4n) is 9.37. The summed E-state index contributed by atoms with van der Waals surface area (Å²) >= 11 is 0. The van der Waals surface area contributed by atoms with E-state index in [2.05, 4.69) is 241 Å². The van der Waals surface area contributed by atoms with Gasteiger partial charge < -0.3 is 9.32 Å². The molecular weight excluding hydrogens is 751 g/mol. The molecule has 0 N–H and O–H groups in total. The van der Waals surface area contributed by atoms with Crippen LogP contribution >= 0.6 is 0 Å². The summed E-state index contributed by atoms with van der Waals surface area (Å²) in [6.07, 6.45) is 0. The molecule has 0 fully saturated rings. The highest BCUT2D eigenvalue weighted by Crippen LogP contribution is 2.49. The van der Waals surface area contributed by atoms with E-state index in [0.29, 0.717) is 0 Å². The van der Waals surface area contributed by atoms with Crippen molar-refractivity contribution >= 4 is 71.1 Å². The van der Waals surface area contributed by atoms with Crippen LogP contribution in [0.25, 0.3) is 98.8 Å². The molecule has 290 valence electrons. The Morgan fingerprint density at radius 3 is 1.31 bits per heavy atom. The SMILES string of the molecule is c1ccc(-c2oc3c4cc(N(c5ccc(-c6ccc7ccccc7c6)cc5)c5ccc(-c6ccc7ccccc7c6)cc5)ccc4c4ccccc4c3c2-c2ccccc2)cc1. The van der Waals surface area contributed by atoms with Crippen LogP contribution in [0.2, 0.25) is 0 Å². The molecule has 12 aromatic rings. The predicted molar refractivity (Wildman–Crippen MR) is 263 cm³/mol. The molecule has 12 rings (SSSR count). The third-order valence-electron chi connectivity index (χ3n) is 12.4. The number of rotatable bonds is 7. The number of hydrogen-bond acceptors (Lipinski definition) is 2. The van der Waals surface area contributed by atoms with Crippen molar-refractivity contribution in [1.82, 2.24) is 0 Å². The Kier molecular flexibility index (Phi) is 8.53. The van der Waals surface area contributed by atoms with Crippen LogP contribution in [0.5, 0.6) is 0 Å². The number of fused-ring (bicyclic) bond motifs is 8. The standard InChI is InChI=1S/C60H39NO/c1-3-15-44(16-4-1)57-58-55-22-12-11-21-53(55)54-36-35-52(39-56(54)60(58)62-59(57)45-17-5-2-6-18-45)61(50-31-27-42(28-32-50)48-25-23-40-13-7-9-19-46(40)37-48)51-33-29-43(30-34-51)49-26-24-41-14-8-10-20-47(41)38-49/h1-39H. The Morgan fingerprint density at radius 2 is 0.726 bits per heavy atom. The second-order valence-corrected chi connectivity index (χ2v) is 16.1. The van der Waals surface area contributed by atoms with Crippen LogP contribution in [0.1, 0.15) is 0 Å². The first-order valence-corrected chi connectivity index (χ1v) is 21.2. The number of anilines is 3. The lowest BCUT2D eigenvalue weighted by Crippen LogP contribution is -2.10. The largest absolute Gasteiger partial charge is 0.455 e. The number of furan rings is 1. The van der Waals surface area contributed by atoms with E-state index in [1.165, 1.54) is 54.6 Å². The zero-order chi connectivity index (χ0) is 41.0. The summed E-state index contributed by atoms with van der Waals surface area (Å²) in [6, 6.07) is 85.3. The lowest BCUT2D eigenvalue weighted by molar-refractivity contribution is 0.636. The van der Waals surface area contributed by atoms with E-state index >= 15 is 0 Å². The molecule has 2 heteroatoms. The van der Waals surface area contributed by atoms with Crippen molar-refractivity contribution < 1.29 is 4.42 Å². The average Bonchev–Trinajstić information content (AvgIpc) is 3.76. The van der Waals surface area contributed by atoms with E-state index in [1.54, 1.807) is 0 Å². The Bertz CT molecular complexity index is 3480. The van der Waals surface area contributed by atoms with Crippen molar-refractivity contribution in [3.05, 3.63) is 237 Å². The first kappa shape index (κ1) is 35.7. The maximum Gasteiger partial charge on any atom is 0.144 e. The third kappa shape index (κ3) is 6.12. The van der Waals surface area contributed by atoms with Gasteiger partial charge in [0.25, 0.3) is 0 Å². The van der Waals surface area contributed by atoms with Crippen molar-refractivity contribution in [3.8, 4) is 44.7 Å². The second-order valence-electron chi connectivity index (χ2n) is 16.1. The zero-order valence-corrected chi connectivity index (χ0v) is 33.9. The van der Waals surface area contributed by atoms with E-state index in [0.717, 1.165) is 61.3 Å². The van der Waals surface area contributed by atoms with E-state index in [1.807, 2.05) is 0 Å². The number of hydrogen-bond donors (Lipinski definition) is 0. The molecule has 0 saturated heterocycles. The molecule has 0 atom stereocenters. The van der Waals surface area contributed by atoms with E-state index < -0.39 is 0 Å². The summed E-state index contributed by atoms with van der Waals surface area (Å²) in [7, 11) is 0. The van der Waals surface area contributed by atoms with E-state index in [4.69, 9.17) is 4.42 Å². The van der Waals surface area contributed by atoms with Crippen LogP contribution in [-0.4, -0.2) is 0 Å². The Balaban J connectivity index is 1.06. The molecule has 0 aliphatic carbocycles. The molecule has 1 aromatic heterocycles. The van der Waals surface area contributed by atoms with Gasteiger partial charge in [-0.25, -0.2) is 0 Å². The molecule has 11 aromatic carbocycles. The Morgan fingerprint density at radius 1 is 0.274 bits per heavy atom. The minimum Gasteiger partial charge on any atom is -0.455 e. The smallest absolute Gasteiger partial charge is 0.144 e. The first-order valence-electron chi connectivity index (χ1n) is 21.2. The number of benzene rings is 11. The predicted octanol–water partition coefficient (Wildman–Crippen LogP) is 17.2. The van der Waals surface area contributed by atoms with Gasteiger partial charge in [0.1, 0.15) is 11.3 Å². The van der Waals surface area contributed by atoms with Gasteiger partial charge in [0.05, 0.1) is 0 Å². The van der Waals surface area contributed by atoms with Gasteiger partial charge in [-0.15, -0.1) is 0 Å². The summed E-state index contributed by atoms with van der Waals surface area (Å²) in [5.41, 5.74) is 12.1. The van der Waals surface area contributed by atoms with Gasteiger partial charge in [-0.2, -0.15) is 0 Å². The lowest BCUT2D eigenvalue weighted by atomic mass is 9.92. The third-order valence-corrected chi connectivity index (χ3v) is 12.4. The van der Waals surface area contributed by atoms with Crippen LogP contribution < -0.4 is 4.90 Å². The van der Waals surface area contributed by atoms with Gasteiger partial charge >= 0.3 is 0 Å². The highest BCUT2D eigenvalue weighted by molar-refractivity contribution is 6.29. The fourth-order valence-corrected chi connectivity index (χ4v) is 9.37. The maximum absolute atomic E-state index is 7.18. The summed E-state index contributed by atoms with van der Waals surface area (Å²) in [6.45, 7) is 0. The van der Waals surface area contributed by atoms with Gasteiger partial charge in [0, 0.05) is 39.0 Å². The maximum atomic E-state index is 7.18. The molecule has 0 saturated carbocycles. The van der Waals surface area contributed by atoms with Crippen molar-refractivity contribution in [1.29, 1.82) is 0 Å². The molecule has 0 bridgehead atoms. The summed E-state index contributed by atoms with van der Waals surface area (Å²) in [5.74, 6) is 0.875. The molecule has 62 heavy (non-hydrogen) atoms. The van der Waals surface area contributed by atoms with Gasteiger partial charge in [0.2, 0.25) is 0 Å². The fraction of sp³-hybridized carbons (Fsp3) is 0. The van der Waals surface area contributed by atoms with Gasteiger partial charge in [0.15, 0.2) is 0 Å². The normalized spacial score (nSPS) is 11.5. The molecule has 0 aliphatic heterocycles. The highest BCUT2D eigenvalue weighted by Gasteiger charge is 2.24. The van der Waals surface area contributed by atoms with Crippen LogP contribution in [0.3, 0.4) is 0 Å². The molecular formula is C60H39NO. The first-order chi connectivity index (χ1) is 30.7. The van der Waals surface area contributed by atoms with Crippen molar-refractivity contribution in [2.75, 3.05) is 4.90 Å². The van der Waals surface area contributed by atoms with Crippen molar-refractivity contribution in [2.45, 2.75) is 0 Å². The molecule has 0 radical (unpaired) electrons. The quantitative estimate of drug-likeness (QED) is 0.150. The van der Waals surface area contributed by atoms with Crippen LogP contribution in [0, 0.1) is 0 Å². The molecule has 0 spiro atoms. The van der Waals surface area contributed by atoms with Gasteiger partial charge in [-0.3, -0.25) is 0 Å². The molecule has 0 amide bonds. The van der Waals surface area contributed by atoms with Crippen LogP contribution in [0.4, 0.5) is 17.1 Å². The van der Waals surface area contributed by atoms with Crippen LogP contribution in [0.15, 0.2) is 241 Å². The van der Waals surface area contributed by atoms with Gasteiger partial charge in [-0.1, -0.05) is 188 Å². The second kappa shape index (κ2) is 14.8. The monoisotopic (exact) mass is 789 g/mol. The molecule has 1 heterocycles. The van der Waals surface area contributed by atoms with E-state index in [9.17, 15) is 0 Å². The van der Waals surface area contributed by atoms with Crippen molar-refractivity contribution in [3.63, 3.8) is 0 Å². The minimum atomic E-state index is 0.875. The molecule has 0 aliphatic rings. The summed E-state index contributed by atoms with van der Waals surface area (Å²) in [4.78, 5) is 2.37. The van der Waals surface area contributed by atoms with Crippen molar-refractivity contribution in [2.24, 2.45) is 0 Å². The Labute approximate surface area is 360 Å². The molecule has 2 nitrogen and oxygen atoms in total. The molecule has 0 unspecified atom stereocenters. The highest BCUT2D eigenvalue weighted by atomic mass is 16.3. The summed E-state index contributed by atoms with van der Waals surface area (Å²) < 4.78 is 7.18.